The van der Waals surface area contributed by atoms with Gasteiger partial charge in [0.2, 0.25) is 5.88 Å². The highest BCUT2D eigenvalue weighted by atomic mass is 35.5. The van der Waals surface area contributed by atoms with E-state index in [9.17, 15) is 9.59 Å². The van der Waals surface area contributed by atoms with E-state index in [0.29, 0.717) is 5.02 Å². The number of carbonyl (C=O) groups is 2. The van der Waals surface area contributed by atoms with E-state index in [0.717, 1.165) is 0 Å². The number of hydrogen-bond acceptors (Lipinski definition) is 7. The quantitative estimate of drug-likeness (QED) is 0.564. The second-order valence-electron chi connectivity index (χ2n) is 5.47. The van der Waals surface area contributed by atoms with E-state index in [4.69, 9.17) is 42.1 Å². The van der Waals surface area contributed by atoms with Crippen LogP contribution in [0.15, 0.2) is 30.5 Å². The molecule has 0 aliphatic rings. The number of esters is 2. The molecule has 0 N–H and O–H groups in total. The van der Waals surface area contributed by atoms with Crippen LogP contribution >= 0.6 is 23.2 Å². The van der Waals surface area contributed by atoms with Gasteiger partial charge in [0.25, 0.3) is 0 Å². The molecule has 0 saturated carbocycles. The van der Waals surface area contributed by atoms with Gasteiger partial charge >= 0.3 is 11.9 Å². The Balaban J connectivity index is 2.34. The average Bonchev–Trinajstić information content (AvgIpc) is 2.64. The lowest BCUT2D eigenvalue weighted by atomic mass is 10.2. The first-order chi connectivity index (χ1) is 13.3. The van der Waals surface area contributed by atoms with E-state index in [1.165, 1.54) is 37.4 Å². The second-order valence-corrected chi connectivity index (χ2v) is 6.31. The van der Waals surface area contributed by atoms with E-state index < -0.39 is 18.0 Å². The summed E-state index contributed by atoms with van der Waals surface area (Å²) in [5, 5.41) is 0.543. The van der Waals surface area contributed by atoms with E-state index in [1.54, 1.807) is 13.8 Å². The van der Waals surface area contributed by atoms with E-state index in [2.05, 4.69) is 4.98 Å². The highest BCUT2D eigenvalue weighted by molar-refractivity contribution is 6.35. The molecule has 2 aromatic rings. The molecule has 1 heterocycles. The lowest BCUT2D eigenvalue weighted by molar-refractivity contribution is -0.150. The maximum atomic E-state index is 12.2. The molecule has 0 aliphatic carbocycles. The van der Waals surface area contributed by atoms with Gasteiger partial charge in [-0.05, 0) is 39.0 Å². The van der Waals surface area contributed by atoms with Crippen molar-refractivity contribution in [3.05, 3.63) is 46.1 Å². The molecule has 1 unspecified atom stereocenters. The van der Waals surface area contributed by atoms with Gasteiger partial charge in [-0.2, -0.15) is 0 Å². The first-order valence-electron chi connectivity index (χ1n) is 8.48. The number of rotatable bonds is 8. The van der Waals surface area contributed by atoms with E-state index in [-0.39, 0.29) is 41.2 Å². The Kier molecular flexibility index (Phi) is 7.90. The van der Waals surface area contributed by atoms with Gasteiger partial charge in [0.05, 0.1) is 23.8 Å². The topological polar surface area (TPSA) is 84.0 Å². The standard InChI is InChI=1S/C19H19Cl2NO6/c1-4-25-18(23)11(3)27-14-6-12(19(24)26-5-2)7-15(9-14)28-17-16(21)8-13(20)10-22-17/h6-11H,4-5H2,1-3H3. The van der Waals surface area contributed by atoms with Crippen LogP contribution < -0.4 is 9.47 Å². The molecular weight excluding hydrogens is 409 g/mol. The fourth-order valence-corrected chi connectivity index (χ4v) is 2.55. The van der Waals surface area contributed by atoms with Gasteiger partial charge < -0.3 is 18.9 Å². The molecule has 0 radical (unpaired) electrons. The first kappa shape index (κ1) is 21.8. The van der Waals surface area contributed by atoms with Crippen molar-refractivity contribution >= 4 is 35.1 Å². The van der Waals surface area contributed by atoms with Crippen LogP contribution in [0.25, 0.3) is 0 Å². The number of carbonyl (C=O) groups excluding carboxylic acids is 2. The highest BCUT2D eigenvalue weighted by Gasteiger charge is 2.19. The van der Waals surface area contributed by atoms with Crippen LogP contribution in [0.4, 0.5) is 0 Å². The molecule has 1 aromatic heterocycles. The molecule has 28 heavy (non-hydrogen) atoms. The molecule has 2 rings (SSSR count). The average molecular weight is 428 g/mol. The van der Waals surface area contributed by atoms with Crippen LogP contribution in [-0.2, 0) is 14.3 Å². The number of pyridine rings is 1. The molecule has 1 atom stereocenters. The Morgan fingerprint density at radius 2 is 1.71 bits per heavy atom. The Morgan fingerprint density at radius 1 is 1.04 bits per heavy atom. The van der Waals surface area contributed by atoms with Crippen molar-refractivity contribution in [3.8, 4) is 17.4 Å². The zero-order valence-corrected chi connectivity index (χ0v) is 17.0. The van der Waals surface area contributed by atoms with Crippen LogP contribution in [0.2, 0.25) is 10.0 Å². The molecule has 0 aliphatic heterocycles. The summed E-state index contributed by atoms with van der Waals surface area (Å²) in [6.45, 7) is 5.35. The summed E-state index contributed by atoms with van der Waals surface area (Å²) >= 11 is 11.9. The molecule has 0 saturated heterocycles. The Bertz CT molecular complexity index is 858. The van der Waals surface area contributed by atoms with Crippen molar-refractivity contribution in [2.24, 2.45) is 0 Å². The van der Waals surface area contributed by atoms with Gasteiger partial charge in [0.15, 0.2) is 6.10 Å². The Morgan fingerprint density at radius 3 is 2.36 bits per heavy atom. The van der Waals surface area contributed by atoms with Gasteiger partial charge in [0.1, 0.15) is 16.5 Å². The van der Waals surface area contributed by atoms with Gasteiger partial charge in [-0.15, -0.1) is 0 Å². The molecule has 7 nitrogen and oxygen atoms in total. The Hall–Kier alpha value is -2.51. The predicted octanol–water partition coefficient (Wildman–Crippen LogP) is 4.69. The second kappa shape index (κ2) is 10.1. The molecule has 0 spiro atoms. The summed E-state index contributed by atoms with van der Waals surface area (Å²) < 4.78 is 21.2. The normalized spacial score (nSPS) is 11.5. The number of benzene rings is 1. The molecule has 0 bridgehead atoms. The molecule has 9 heteroatoms. The summed E-state index contributed by atoms with van der Waals surface area (Å²) in [6, 6.07) is 5.86. The monoisotopic (exact) mass is 427 g/mol. The van der Waals surface area contributed by atoms with Crippen molar-refractivity contribution in [2.45, 2.75) is 26.9 Å². The molecule has 150 valence electrons. The maximum Gasteiger partial charge on any atom is 0.347 e. The van der Waals surface area contributed by atoms with Crippen LogP contribution in [0.3, 0.4) is 0 Å². The van der Waals surface area contributed by atoms with Crippen molar-refractivity contribution in [2.75, 3.05) is 13.2 Å². The van der Waals surface area contributed by atoms with Crippen LogP contribution in [0.5, 0.6) is 17.4 Å². The van der Waals surface area contributed by atoms with Crippen LogP contribution in [-0.4, -0.2) is 36.2 Å². The lowest BCUT2D eigenvalue weighted by Gasteiger charge is -2.15. The number of ether oxygens (including phenoxy) is 4. The first-order valence-corrected chi connectivity index (χ1v) is 9.24. The zero-order chi connectivity index (χ0) is 20.7. The minimum Gasteiger partial charge on any atom is -0.479 e. The lowest BCUT2D eigenvalue weighted by Crippen LogP contribution is -2.26. The maximum absolute atomic E-state index is 12.2. The van der Waals surface area contributed by atoms with Gasteiger partial charge in [0, 0.05) is 12.3 Å². The molecule has 0 fully saturated rings. The summed E-state index contributed by atoms with van der Waals surface area (Å²) in [6.07, 6.45) is 0.487. The van der Waals surface area contributed by atoms with Crippen molar-refractivity contribution < 1.29 is 28.5 Å². The molecule has 1 aromatic carbocycles. The minimum atomic E-state index is -0.887. The Labute approximate surface area is 172 Å². The third-order valence-corrected chi connectivity index (χ3v) is 3.79. The largest absolute Gasteiger partial charge is 0.479 e. The van der Waals surface area contributed by atoms with Crippen LogP contribution in [0.1, 0.15) is 31.1 Å². The minimum absolute atomic E-state index is 0.0940. The fourth-order valence-electron chi connectivity index (χ4n) is 2.13. The SMILES string of the molecule is CCOC(=O)c1cc(Oc2ncc(Cl)cc2Cl)cc(OC(C)C(=O)OCC)c1. The number of nitrogens with zero attached hydrogens (tertiary/aromatic N) is 1. The van der Waals surface area contributed by atoms with Crippen molar-refractivity contribution in [1.82, 2.24) is 4.98 Å². The summed E-state index contributed by atoms with van der Waals surface area (Å²) in [4.78, 5) is 28.0. The van der Waals surface area contributed by atoms with Gasteiger partial charge in [-0.3, -0.25) is 0 Å². The summed E-state index contributed by atoms with van der Waals surface area (Å²) in [5.41, 5.74) is 0.176. The van der Waals surface area contributed by atoms with Gasteiger partial charge in [-0.25, -0.2) is 14.6 Å². The van der Waals surface area contributed by atoms with Crippen molar-refractivity contribution in [3.63, 3.8) is 0 Å². The third kappa shape index (κ3) is 6.00. The van der Waals surface area contributed by atoms with E-state index >= 15 is 0 Å². The smallest absolute Gasteiger partial charge is 0.347 e. The summed E-state index contributed by atoms with van der Waals surface area (Å²) in [5.74, 6) is -0.582. The predicted molar refractivity (Wildman–Crippen MR) is 103 cm³/mol. The third-order valence-electron chi connectivity index (χ3n) is 3.31. The number of halogens is 2. The van der Waals surface area contributed by atoms with Gasteiger partial charge in [-0.1, -0.05) is 23.2 Å². The number of hydrogen-bond donors (Lipinski definition) is 0. The summed E-state index contributed by atoms with van der Waals surface area (Å²) in [7, 11) is 0. The van der Waals surface area contributed by atoms with Crippen LogP contribution in [0, 0.1) is 0 Å². The zero-order valence-electron chi connectivity index (χ0n) is 15.5. The van der Waals surface area contributed by atoms with E-state index in [1.807, 2.05) is 0 Å². The van der Waals surface area contributed by atoms with Crippen molar-refractivity contribution in [1.29, 1.82) is 0 Å². The molecule has 0 amide bonds. The number of aromatic nitrogens is 1. The molecular formula is C19H19Cl2NO6. The highest BCUT2D eigenvalue weighted by Crippen LogP contribution is 2.32. The fraction of sp³-hybridized carbons (Fsp3) is 0.316.